The molecule has 20 heavy (non-hydrogen) atoms. The van der Waals surface area contributed by atoms with Crippen LogP contribution in [-0.2, 0) is 0 Å². The molecule has 1 heterocycles. The highest BCUT2D eigenvalue weighted by molar-refractivity contribution is 5.48. The van der Waals surface area contributed by atoms with E-state index < -0.39 is 0 Å². The van der Waals surface area contributed by atoms with Crippen LogP contribution in [0.25, 0.3) is 0 Å². The molecule has 0 bridgehead atoms. The highest BCUT2D eigenvalue weighted by Crippen LogP contribution is 2.17. The van der Waals surface area contributed by atoms with Crippen LogP contribution in [0.1, 0.15) is 32.8 Å². The van der Waals surface area contributed by atoms with Crippen molar-refractivity contribution in [3.8, 4) is 0 Å². The van der Waals surface area contributed by atoms with Gasteiger partial charge in [-0.05, 0) is 39.9 Å². The number of aromatic nitrogens is 2. The van der Waals surface area contributed by atoms with E-state index in [1.807, 2.05) is 13.1 Å². The van der Waals surface area contributed by atoms with Gasteiger partial charge in [0.1, 0.15) is 5.82 Å². The van der Waals surface area contributed by atoms with E-state index in [0.717, 1.165) is 50.5 Å². The first-order valence-corrected chi connectivity index (χ1v) is 7.43. The zero-order chi connectivity index (χ0) is 15.0. The van der Waals surface area contributed by atoms with Crippen LogP contribution in [0.5, 0.6) is 0 Å². The molecule has 1 rings (SSSR count). The third-order valence-corrected chi connectivity index (χ3v) is 3.55. The third-order valence-electron chi connectivity index (χ3n) is 3.55. The molecule has 0 aliphatic rings. The van der Waals surface area contributed by atoms with E-state index in [9.17, 15) is 0 Å². The molecule has 3 N–H and O–H groups in total. The molecule has 0 saturated heterocycles. The average Bonchev–Trinajstić information content (AvgIpc) is 2.49. The molecule has 6 heteroatoms. The zero-order valence-electron chi connectivity index (χ0n) is 13.2. The van der Waals surface area contributed by atoms with Gasteiger partial charge >= 0.3 is 0 Å². The summed E-state index contributed by atoms with van der Waals surface area (Å²) < 4.78 is 0. The Kier molecular flexibility index (Phi) is 7.25. The lowest BCUT2D eigenvalue weighted by molar-refractivity contribution is 0.300. The Balaban J connectivity index is 2.66. The molecule has 6 nitrogen and oxygen atoms in total. The number of rotatable bonds is 9. The van der Waals surface area contributed by atoms with E-state index in [0.29, 0.717) is 5.95 Å². The number of anilines is 2. The summed E-state index contributed by atoms with van der Waals surface area (Å²) in [5.74, 6) is 6.82. The van der Waals surface area contributed by atoms with Crippen molar-refractivity contribution in [1.29, 1.82) is 0 Å². The highest BCUT2D eigenvalue weighted by Gasteiger charge is 2.11. The van der Waals surface area contributed by atoms with Gasteiger partial charge in [-0.3, -0.25) is 5.43 Å². The molecular formula is C14H28N6. The summed E-state index contributed by atoms with van der Waals surface area (Å²) in [6.45, 7) is 13.8. The first kappa shape index (κ1) is 16.7. The van der Waals surface area contributed by atoms with Crippen molar-refractivity contribution in [2.24, 2.45) is 5.84 Å². The summed E-state index contributed by atoms with van der Waals surface area (Å²) >= 11 is 0. The number of nitrogens with one attached hydrogen (secondary N) is 1. The van der Waals surface area contributed by atoms with E-state index in [-0.39, 0.29) is 0 Å². The van der Waals surface area contributed by atoms with E-state index in [1.165, 1.54) is 0 Å². The van der Waals surface area contributed by atoms with Gasteiger partial charge in [-0.2, -0.15) is 4.98 Å². The van der Waals surface area contributed by atoms with E-state index in [1.54, 1.807) is 0 Å². The molecule has 0 aliphatic heterocycles. The molecule has 0 aromatic carbocycles. The van der Waals surface area contributed by atoms with Crippen molar-refractivity contribution >= 4 is 11.8 Å². The number of hydrogen-bond donors (Lipinski definition) is 2. The summed E-state index contributed by atoms with van der Waals surface area (Å²) in [4.78, 5) is 13.3. The van der Waals surface area contributed by atoms with Gasteiger partial charge in [0.05, 0.1) is 0 Å². The van der Waals surface area contributed by atoms with Gasteiger partial charge in [0.15, 0.2) is 0 Å². The molecule has 0 spiro atoms. The molecule has 0 unspecified atom stereocenters. The summed E-state index contributed by atoms with van der Waals surface area (Å²) in [6, 6.07) is 0. The maximum Gasteiger partial charge on any atom is 0.239 e. The van der Waals surface area contributed by atoms with Crippen LogP contribution >= 0.6 is 0 Å². The van der Waals surface area contributed by atoms with Gasteiger partial charge in [-0.25, -0.2) is 10.8 Å². The standard InChI is InChI=1S/C14H28N6/c1-5-19(6-2)9-8-10-20(7-3)13-12(4)11-16-14(17-13)18-15/h11H,5-10,15H2,1-4H3,(H,16,17,18). The molecule has 0 atom stereocenters. The number of nitrogens with zero attached hydrogens (tertiary/aromatic N) is 4. The summed E-state index contributed by atoms with van der Waals surface area (Å²) in [6.07, 6.45) is 2.94. The number of aryl methyl sites for hydroxylation is 1. The van der Waals surface area contributed by atoms with E-state index >= 15 is 0 Å². The minimum Gasteiger partial charge on any atom is -0.356 e. The zero-order valence-corrected chi connectivity index (χ0v) is 13.2. The number of nitrogens with two attached hydrogens (primary N) is 1. The van der Waals surface area contributed by atoms with Crippen molar-refractivity contribution < 1.29 is 0 Å². The van der Waals surface area contributed by atoms with Gasteiger partial charge in [-0.1, -0.05) is 13.8 Å². The molecule has 0 fully saturated rings. The number of hydrazine groups is 1. The topological polar surface area (TPSA) is 70.3 Å². The van der Waals surface area contributed by atoms with Crippen LogP contribution in [0.15, 0.2) is 6.20 Å². The van der Waals surface area contributed by atoms with Crippen LogP contribution < -0.4 is 16.2 Å². The number of nitrogen functional groups attached to an aromatic ring is 1. The van der Waals surface area contributed by atoms with Crippen LogP contribution in [0, 0.1) is 6.92 Å². The van der Waals surface area contributed by atoms with Crippen LogP contribution in [0.4, 0.5) is 11.8 Å². The van der Waals surface area contributed by atoms with Gasteiger partial charge in [0, 0.05) is 24.8 Å². The molecule has 1 aromatic heterocycles. The second-order valence-corrected chi connectivity index (χ2v) is 4.80. The van der Waals surface area contributed by atoms with Crippen molar-refractivity contribution in [3.63, 3.8) is 0 Å². The van der Waals surface area contributed by atoms with Gasteiger partial charge < -0.3 is 9.80 Å². The van der Waals surface area contributed by atoms with Crippen LogP contribution in [0.2, 0.25) is 0 Å². The fraction of sp³-hybridized carbons (Fsp3) is 0.714. The van der Waals surface area contributed by atoms with E-state index in [2.05, 4.69) is 46.0 Å². The van der Waals surface area contributed by atoms with Crippen LogP contribution in [0.3, 0.4) is 0 Å². The Labute approximate surface area is 122 Å². The second-order valence-electron chi connectivity index (χ2n) is 4.80. The fourth-order valence-electron chi connectivity index (χ4n) is 2.26. The van der Waals surface area contributed by atoms with Gasteiger partial charge in [0.2, 0.25) is 5.95 Å². The summed E-state index contributed by atoms with van der Waals surface area (Å²) in [5.41, 5.74) is 3.59. The van der Waals surface area contributed by atoms with E-state index in [4.69, 9.17) is 5.84 Å². The Hall–Kier alpha value is -1.40. The largest absolute Gasteiger partial charge is 0.356 e. The molecule has 114 valence electrons. The lowest BCUT2D eigenvalue weighted by atomic mass is 10.3. The highest BCUT2D eigenvalue weighted by atomic mass is 15.3. The average molecular weight is 280 g/mol. The molecule has 1 aromatic rings. The summed E-state index contributed by atoms with van der Waals surface area (Å²) in [7, 11) is 0. The predicted molar refractivity (Wildman–Crippen MR) is 84.9 cm³/mol. The minimum atomic E-state index is 0.466. The second kappa shape index (κ2) is 8.71. The van der Waals surface area contributed by atoms with Crippen molar-refractivity contribution in [1.82, 2.24) is 14.9 Å². The first-order chi connectivity index (χ1) is 9.65. The molecule has 0 aliphatic carbocycles. The normalized spacial score (nSPS) is 10.9. The quantitative estimate of drug-likeness (QED) is 0.529. The monoisotopic (exact) mass is 280 g/mol. The minimum absolute atomic E-state index is 0.466. The number of hydrogen-bond acceptors (Lipinski definition) is 6. The van der Waals surface area contributed by atoms with Crippen molar-refractivity contribution in [3.05, 3.63) is 11.8 Å². The van der Waals surface area contributed by atoms with Crippen LogP contribution in [-0.4, -0.2) is 47.6 Å². The lowest BCUT2D eigenvalue weighted by Gasteiger charge is -2.25. The predicted octanol–water partition coefficient (Wildman–Crippen LogP) is 1.63. The van der Waals surface area contributed by atoms with Crippen molar-refractivity contribution in [2.75, 3.05) is 43.0 Å². The Bertz CT molecular complexity index is 391. The summed E-state index contributed by atoms with van der Waals surface area (Å²) in [5, 5.41) is 0. The smallest absolute Gasteiger partial charge is 0.239 e. The first-order valence-electron chi connectivity index (χ1n) is 7.43. The fourth-order valence-corrected chi connectivity index (χ4v) is 2.26. The maximum atomic E-state index is 5.39. The molecular weight excluding hydrogens is 252 g/mol. The SMILES string of the molecule is CCN(CC)CCCN(CC)c1nc(NN)ncc1C. The Morgan fingerprint density at radius 3 is 2.40 bits per heavy atom. The maximum absolute atomic E-state index is 5.39. The van der Waals surface area contributed by atoms with Gasteiger partial charge in [0.25, 0.3) is 0 Å². The Morgan fingerprint density at radius 2 is 1.85 bits per heavy atom. The third kappa shape index (κ3) is 4.61. The Morgan fingerprint density at radius 1 is 1.15 bits per heavy atom. The van der Waals surface area contributed by atoms with Crippen molar-refractivity contribution in [2.45, 2.75) is 34.1 Å². The van der Waals surface area contributed by atoms with Gasteiger partial charge in [-0.15, -0.1) is 0 Å². The molecule has 0 saturated carbocycles. The molecule has 0 amide bonds. The lowest BCUT2D eigenvalue weighted by Crippen LogP contribution is -2.31. The molecule has 0 radical (unpaired) electrons.